The molecule has 0 bridgehead atoms. The Kier molecular flexibility index (Phi) is 5.02. The summed E-state index contributed by atoms with van der Waals surface area (Å²) < 4.78 is 40.7. The van der Waals surface area contributed by atoms with Crippen LogP contribution in [-0.4, -0.2) is 6.54 Å². The van der Waals surface area contributed by atoms with E-state index in [1.807, 2.05) is 38.1 Å². The second kappa shape index (κ2) is 6.76. The molecule has 1 nitrogen and oxygen atoms in total. The Morgan fingerprint density at radius 3 is 2.29 bits per heavy atom. The van der Waals surface area contributed by atoms with E-state index in [4.69, 9.17) is 0 Å². The molecule has 0 aromatic heterocycles. The predicted molar refractivity (Wildman–Crippen MR) is 77.6 cm³/mol. The zero-order valence-electron chi connectivity index (χ0n) is 12.1. The van der Waals surface area contributed by atoms with Crippen LogP contribution in [0.2, 0.25) is 0 Å². The Balaban J connectivity index is 2.51. The fraction of sp³-hybridized carbons (Fsp3) is 0.294. The first kappa shape index (κ1) is 15.6. The van der Waals surface area contributed by atoms with E-state index in [1.54, 1.807) is 0 Å². The average Bonchev–Trinajstić information content (AvgIpc) is 2.46. The minimum Gasteiger partial charge on any atom is -0.306 e. The third kappa shape index (κ3) is 3.45. The van der Waals surface area contributed by atoms with E-state index in [-0.39, 0.29) is 5.56 Å². The molecule has 0 saturated carbocycles. The average molecular weight is 293 g/mol. The molecular formula is C17H18F3N. The minimum absolute atomic E-state index is 0.122. The molecule has 0 spiro atoms. The summed E-state index contributed by atoms with van der Waals surface area (Å²) in [6, 6.07) is 8.55. The lowest BCUT2D eigenvalue weighted by Crippen LogP contribution is -2.25. The maximum atomic E-state index is 14.1. The van der Waals surface area contributed by atoms with Crippen molar-refractivity contribution in [3.05, 3.63) is 70.5 Å². The van der Waals surface area contributed by atoms with Crippen molar-refractivity contribution in [3.8, 4) is 0 Å². The maximum Gasteiger partial charge on any atom is 0.161 e. The zero-order valence-corrected chi connectivity index (χ0v) is 12.1. The van der Waals surface area contributed by atoms with Crippen molar-refractivity contribution < 1.29 is 13.2 Å². The molecule has 112 valence electrons. The lowest BCUT2D eigenvalue weighted by atomic mass is 9.94. The smallest absolute Gasteiger partial charge is 0.161 e. The topological polar surface area (TPSA) is 12.0 Å². The van der Waals surface area contributed by atoms with Crippen LogP contribution in [0.5, 0.6) is 0 Å². The van der Waals surface area contributed by atoms with Gasteiger partial charge in [-0.3, -0.25) is 0 Å². The molecule has 2 aromatic rings. The predicted octanol–water partition coefficient (Wildman–Crippen LogP) is 4.50. The number of aryl methyl sites for hydroxylation is 1. The van der Waals surface area contributed by atoms with E-state index in [0.29, 0.717) is 12.6 Å². The van der Waals surface area contributed by atoms with Crippen LogP contribution in [0, 0.1) is 24.4 Å². The van der Waals surface area contributed by atoms with Crippen molar-refractivity contribution >= 4 is 0 Å². The number of rotatable bonds is 5. The van der Waals surface area contributed by atoms with Crippen LogP contribution in [0.3, 0.4) is 0 Å². The van der Waals surface area contributed by atoms with Gasteiger partial charge >= 0.3 is 0 Å². The third-order valence-corrected chi connectivity index (χ3v) is 3.45. The van der Waals surface area contributed by atoms with Gasteiger partial charge in [0.05, 0.1) is 6.04 Å². The molecule has 0 amide bonds. The van der Waals surface area contributed by atoms with Gasteiger partial charge in [0, 0.05) is 11.6 Å². The Bertz CT molecular complexity index is 625. The van der Waals surface area contributed by atoms with Gasteiger partial charge < -0.3 is 5.32 Å². The summed E-state index contributed by atoms with van der Waals surface area (Å²) in [4.78, 5) is 0. The summed E-state index contributed by atoms with van der Waals surface area (Å²) >= 11 is 0. The van der Waals surface area contributed by atoms with Crippen LogP contribution in [0.4, 0.5) is 13.2 Å². The first-order valence-electron chi connectivity index (χ1n) is 6.98. The second-order valence-electron chi connectivity index (χ2n) is 5.03. The van der Waals surface area contributed by atoms with Gasteiger partial charge in [-0.1, -0.05) is 31.2 Å². The lowest BCUT2D eigenvalue weighted by Gasteiger charge is -2.22. The highest BCUT2D eigenvalue weighted by Gasteiger charge is 2.21. The maximum absolute atomic E-state index is 14.1. The quantitative estimate of drug-likeness (QED) is 0.800. The first-order chi connectivity index (χ1) is 10.0. The molecule has 0 saturated heterocycles. The molecule has 0 aliphatic rings. The van der Waals surface area contributed by atoms with Crippen molar-refractivity contribution in [3.63, 3.8) is 0 Å². The Morgan fingerprint density at radius 1 is 0.952 bits per heavy atom. The van der Waals surface area contributed by atoms with Crippen molar-refractivity contribution in [2.24, 2.45) is 0 Å². The Labute approximate surface area is 122 Å². The molecule has 0 heterocycles. The molecule has 1 unspecified atom stereocenters. The molecule has 4 heteroatoms. The summed E-state index contributed by atoms with van der Waals surface area (Å²) in [7, 11) is 0. The molecule has 0 aliphatic heterocycles. The summed E-state index contributed by atoms with van der Waals surface area (Å²) in [5, 5.41) is 3.20. The fourth-order valence-electron chi connectivity index (χ4n) is 2.35. The van der Waals surface area contributed by atoms with Gasteiger partial charge in [-0.2, -0.15) is 0 Å². The molecule has 1 atom stereocenters. The van der Waals surface area contributed by atoms with Crippen LogP contribution in [0.15, 0.2) is 36.4 Å². The Morgan fingerprint density at radius 2 is 1.62 bits per heavy atom. The number of benzene rings is 2. The SMILES string of the molecule is CCCNC(c1ccccc1C)c1cc(F)c(F)cc1F. The minimum atomic E-state index is -1.17. The van der Waals surface area contributed by atoms with Gasteiger partial charge in [-0.15, -0.1) is 0 Å². The number of hydrogen-bond donors (Lipinski definition) is 1. The lowest BCUT2D eigenvalue weighted by molar-refractivity contribution is 0.479. The van der Waals surface area contributed by atoms with Gasteiger partial charge in [0.2, 0.25) is 0 Å². The van der Waals surface area contributed by atoms with E-state index in [0.717, 1.165) is 23.6 Å². The molecule has 1 N–H and O–H groups in total. The summed E-state index contributed by atoms with van der Waals surface area (Å²) in [6.07, 6.45) is 0.855. The first-order valence-corrected chi connectivity index (χ1v) is 6.98. The second-order valence-corrected chi connectivity index (χ2v) is 5.03. The molecular weight excluding hydrogens is 275 g/mol. The van der Waals surface area contributed by atoms with E-state index in [1.165, 1.54) is 0 Å². The van der Waals surface area contributed by atoms with Gasteiger partial charge in [0.25, 0.3) is 0 Å². The Hall–Kier alpha value is -1.81. The van der Waals surface area contributed by atoms with E-state index < -0.39 is 23.5 Å². The van der Waals surface area contributed by atoms with Gasteiger partial charge in [0.15, 0.2) is 11.6 Å². The third-order valence-electron chi connectivity index (χ3n) is 3.45. The van der Waals surface area contributed by atoms with E-state index in [2.05, 4.69) is 5.32 Å². The normalized spacial score (nSPS) is 12.4. The van der Waals surface area contributed by atoms with E-state index >= 15 is 0 Å². The van der Waals surface area contributed by atoms with Crippen LogP contribution in [0.1, 0.15) is 36.1 Å². The number of halogens is 3. The summed E-state index contributed by atoms with van der Waals surface area (Å²) in [5.74, 6) is -2.95. The molecule has 2 aromatic carbocycles. The highest BCUT2D eigenvalue weighted by molar-refractivity contribution is 5.37. The van der Waals surface area contributed by atoms with E-state index in [9.17, 15) is 13.2 Å². The fourth-order valence-corrected chi connectivity index (χ4v) is 2.35. The molecule has 2 rings (SSSR count). The standard InChI is InChI=1S/C17H18F3N/c1-3-8-21-17(12-7-5-4-6-11(12)2)13-9-15(19)16(20)10-14(13)18/h4-7,9-10,17,21H,3,8H2,1-2H3. The van der Waals surface area contributed by atoms with Gasteiger partial charge in [-0.25, -0.2) is 13.2 Å². The van der Waals surface area contributed by atoms with Crippen molar-refractivity contribution in [2.75, 3.05) is 6.54 Å². The number of nitrogens with one attached hydrogen (secondary N) is 1. The van der Waals surface area contributed by atoms with Crippen molar-refractivity contribution in [1.29, 1.82) is 0 Å². The van der Waals surface area contributed by atoms with Crippen molar-refractivity contribution in [1.82, 2.24) is 5.32 Å². The highest BCUT2D eigenvalue weighted by Crippen LogP contribution is 2.28. The summed E-state index contributed by atoms with van der Waals surface area (Å²) in [6.45, 7) is 4.55. The molecule has 21 heavy (non-hydrogen) atoms. The zero-order chi connectivity index (χ0) is 15.4. The van der Waals surface area contributed by atoms with Crippen LogP contribution in [0.25, 0.3) is 0 Å². The van der Waals surface area contributed by atoms with Gasteiger partial charge in [-0.05, 0) is 37.1 Å². The van der Waals surface area contributed by atoms with Crippen LogP contribution < -0.4 is 5.32 Å². The van der Waals surface area contributed by atoms with Gasteiger partial charge in [0.1, 0.15) is 5.82 Å². The number of hydrogen-bond acceptors (Lipinski definition) is 1. The molecule has 0 aliphatic carbocycles. The van der Waals surface area contributed by atoms with Crippen LogP contribution >= 0.6 is 0 Å². The summed E-state index contributed by atoms with van der Waals surface area (Å²) in [5.41, 5.74) is 1.95. The largest absolute Gasteiger partial charge is 0.306 e. The molecule has 0 radical (unpaired) electrons. The monoisotopic (exact) mass is 293 g/mol. The van der Waals surface area contributed by atoms with Crippen molar-refractivity contribution in [2.45, 2.75) is 26.3 Å². The highest BCUT2D eigenvalue weighted by atomic mass is 19.2. The molecule has 0 fully saturated rings. The van der Waals surface area contributed by atoms with Crippen LogP contribution in [-0.2, 0) is 0 Å².